The first-order chi connectivity index (χ1) is 8.74. The Morgan fingerprint density at radius 3 is 2.72 bits per heavy atom. The highest BCUT2D eigenvalue weighted by Crippen LogP contribution is 2.47. The minimum absolute atomic E-state index is 0.0581. The zero-order valence-corrected chi connectivity index (χ0v) is 11.2. The van der Waals surface area contributed by atoms with E-state index in [1.54, 1.807) is 7.11 Å². The number of ether oxygens (including phenoxy) is 1. The molecule has 4 N–H and O–H groups in total. The smallest absolute Gasteiger partial charge is 0.225 e. The molecule has 1 amide bonds. The third-order valence-electron chi connectivity index (χ3n) is 4.37. The van der Waals surface area contributed by atoms with Gasteiger partial charge < -0.3 is 21.1 Å². The van der Waals surface area contributed by atoms with E-state index in [1.807, 2.05) is 0 Å². The van der Waals surface area contributed by atoms with Gasteiger partial charge in [-0.15, -0.1) is 0 Å². The fourth-order valence-corrected chi connectivity index (χ4v) is 3.42. The topological polar surface area (TPSA) is 76.4 Å². The molecule has 2 bridgehead atoms. The van der Waals surface area contributed by atoms with Gasteiger partial charge in [-0.25, -0.2) is 0 Å². The van der Waals surface area contributed by atoms with Gasteiger partial charge in [0.1, 0.15) is 0 Å². The Balaban J connectivity index is 1.63. The molecule has 2 aliphatic rings. The average Bonchev–Trinajstić information content (AvgIpc) is 2.94. The molecule has 0 aliphatic heterocycles. The van der Waals surface area contributed by atoms with E-state index in [0.29, 0.717) is 25.0 Å². The van der Waals surface area contributed by atoms with Crippen molar-refractivity contribution in [1.82, 2.24) is 10.6 Å². The zero-order chi connectivity index (χ0) is 13.0. The second kappa shape index (κ2) is 6.50. The molecule has 0 spiro atoms. The molecule has 104 valence electrons. The molecular formula is C13H25N3O2. The molecule has 18 heavy (non-hydrogen) atoms. The van der Waals surface area contributed by atoms with Gasteiger partial charge in [0.25, 0.3) is 0 Å². The first-order valence-electron chi connectivity index (χ1n) is 6.97. The summed E-state index contributed by atoms with van der Waals surface area (Å²) >= 11 is 0. The van der Waals surface area contributed by atoms with Gasteiger partial charge in [0.05, 0.1) is 12.5 Å². The van der Waals surface area contributed by atoms with E-state index < -0.39 is 0 Å². The highest BCUT2D eigenvalue weighted by atomic mass is 16.5. The standard InChI is InChI=1S/C13H25N3O2/c1-18-7-6-15-4-5-16-13(17)11-9-2-3-10(8-9)12(11)14/h9-12,15H,2-8,14H2,1H3,(H,16,17). The lowest BCUT2D eigenvalue weighted by atomic mass is 9.84. The van der Waals surface area contributed by atoms with Crippen LogP contribution < -0.4 is 16.4 Å². The van der Waals surface area contributed by atoms with Gasteiger partial charge in [-0.1, -0.05) is 0 Å². The number of hydrogen-bond donors (Lipinski definition) is 3. The summed E-state index contributed by atoms with van der Waals surface area (Å²) in [6.45, 7) is 2.97. The number of hydrogen-bond acceptors (Lipinski definition) is 4. The number of fused-ring (bicyclic) bond motifs is 2. The molecule has 2 saturated carbocycles. The summed E-state index contributed by atoms with van der Waals surface area (Å²) in [6, 6.07) is 0.0881. The lowest BCUT2D eigenvalue weighted by Gasteiger charge is -2.27. The Morgan fingerprint density at radius 2 is 2.06 bits per heavy atom. The normalized spacial score (nSPS) is 33.9. The van der Waals surface area contributed by atoms with Crippen LogP contribution in [0.2, 0.25) is 0 Å². The summed E-state index contributed by atoms with van der Waals surface area (Å²) in [5.41, 5.74) is 6.14. The van der Waals surface area contributed by atoms with Crippen LogP contribution in [0.25, 0.3) is 0 Å². The Morgan fingerprint density at radius 1 is 1.28 bits per heavy atom. The molecule has 0 aromatic carbocycles. The van der Waals surface area contributed by atoms with Gasteiger partial charge in [0, 0.05) is 32.8 Å². The van der Waals surface area contributed by atoms with E-state index in [9.17, 15) is 4.79 Å². The molecule has 5 nitrogen and oxygen atoms in total. The van der Waals surface area contributed by atoms with Crippen molar-refractivity contribution in [3.05, 3.63) is 0 Å². The SMILES string of the molecule is COCCNCCNC(=O)C1C2CCC(C2)C1N. The highest BCUT2D eigenvalue weighted by Gasteiger charge is 2.48. The first-order valence-corrected chi connectivity index (χ1v) is 6.97. The Bertz CT molecular complexity index is 283. The van der Waals surface area contributed by atoms with Gasteiger partial charge in [0.2, 0.25) is 5.91 Å². The number of nitrogens with one attached hydrogen (secondary N) is 2. The molecule has 0 radical (unpaired) electrons. The van der Waals surface area contributed by atoms with E-state index in [2.05, 4.69) is 10.6 Å². The fraction of sp³-hybridized carbons (Fsp3) is 0.923. The van der Waals surface area contributed by atoms with Crippen molar-refractivity contribution in [3.8, 4) is 0 Å². The maximum atomic E-state index is 12.1. The minimum Gasteiger partial charge on any atom is -0.383 e. The summed E-state index contributed by atoms with van der Waals surface area (Å²) in [6.07, 6.45) is 3.56. The van der Waals surface area contributed by atoms with E-state index in [0.717, 1.165) is 19.5 Å². The monoisotopic (exact) mass is 255 g/mol. The molecule has 4 unspecified atom stereocenters. The summed E-state index contributed by atoms with van der Waals surface area (Å²) in [4.78, 5) is 12.1. The number of methoxy groups -OCH3 is 1. The van der Waals surface area contributed by atoms with Crippen LogP contribution in [0.1, 0.15) is 19.3 Å². The van der Waals surface area contributed by atoms with Crippen molar-refractivity contribution in [2.45, 2.75) is 25.3 Å². The van der Waals surface area contributed by atoms with Crippen LogP contribution >= 0.6 is 0 Å². The average molecular weight is 255 g/mol. The minimum atomic E-state index is 0.0581. The maximum absolute atomic E-state index is 12.1. The van der Waals surface area contributed by atoms with Crippen LogP contribution in [-0.4, -0.2) is 45.3 Å². The maximum Gasteiger partial charge on any atom is 0.225 e. The van der Waals surface area contributed by atoms with Crippen LogP contribution in [0, 0.1) is 17.8 Å². The third kappa shape index (κ3) is 3.02. The number of rotatable bonds is 7. The Labute approximate surface area is 109 Å². The van der Waals surface area contributed by atoms with Crippen molar-refractivity contribution in [2.75, 3.05) is 33.4 Å². The second-order valence-electron chi connectivity index (χ2n) is 5.47. The van der Waals surface area contributed by atoms with Gasteiger partial charge >= 0.3 is 0 Å². The van der Waals surface area contributed by atoms with Crippen LogP contribution in [-0.2, 0) is 9.53 Å². The third-order valence-corrected chi connectivity index (χ3v) is 4.37. The zero-order valence-electron chi connectivity index (χ0n) is 11.2. The van der Waals surface area contributed by atoms with E-state index >= 15 is 0 Å². The summed E-state index contributed by atoms with van der Waals surface area (Å²) in [5, 5.41) is 6.20. The van der Waals surface area contributed by atoms with Crippen molar-refractivity contribution >= 4 is 5.91 Å². The highest BCUT2D eigenvalue weighted by molar-refractivity contribution is 5.80. The van der Waals surface area contributed by atoms with Crippen LogP contribution in [0.4, 0.5) is 0 Å². The number of carbonyl (C=O) groups excluding carboxylic acids is 1. The van der Waals surface area contributed by atoms with E-state index in [4.69, 9.17) is 10.5 Å². The molecule has 0 heterocycles. The predicted octanol–water partition coefficient (Wildman–Crippen LogP) is -0.288. The summed E-state index contributed by atoms with van der Waals surface area (Å²) in [5.74, 6) is 1.34. The largest absolute Gasteiger partial charge is 0.383 e. The summed E-state index contributed by atoms with van der Waals surface area (Å²) in [7, 11) is 1.68. The first kappa shape index (κ1) is 13.8. The van der Waals surface area contributed by atoms with Crippen molar-refractivity contribution in [2.24, 2.45) is 23.5 Å². The molecule has 2 rings (SSSR count). The van der Waals surface area contributed by atoms with Gasteiger partial charge in [-0.3, -0.25) is 4.79 Å². The lowest BCUT2D eigenvalue weighted by molar-refractivity contribution is -0.126. The molecule has 4 atom stereocenters. The van der Waals surface area contributed by atoms with Crippen molar-refractivity contribution in [3.63, 3.8) is 0 Å². The number of nitrogens with two attached hydrogens (primary N) is 1. The quantitative estimate of drug-likeness (QED) is 0.547. The Kier molecular flexibility index (Phi) is 4.97. The molecule has 2 fully saturated rings. The van der Waals surface area contributed by atoms with E-state index in [1.165, 1.54) is 12.8 Å². The number of carbonyl (C=O) groups is 1. The summed E-state index contributed by atoms with van der Waals surface area (Å²) < 4.78 is 4.93. The second-order valence-corrected chi connectivity index (χ2v) is 5.47. The van der Waals surface area contributed by atoms with Crippen LogP contribution in [0.5, 0.6) is 0 Å². The molecule has 0 saturated heterocycles. The molecular weight excluding hydrogens is 230 g/mol. The Hall–Kier alpha value is -0.650. The number of amides is 1. The molecule has 0 aromatic heterocycles. The lowest BCUT2D eigenvalue weighted by Crippen LogP contribution is -2.46. The van der Waals surface area contributed by atoms with Gasteiger partial charge in [0.15, 0.2) is 0 Å². The molecule has 0 aromatic rings. The molecule has 5 heteroatoms. The van der Waals surface area contributed by atoms with Gasteiger partial charge in [-0.05, 0) is 31.1 Å². The van der Waals surface area contributed by atoms with Crippen LogP contribution in [0.3, 0.4) is 0 Å². The van der Waals surface area contributed by atoms with Crippen LogP contribution in [0.15, 0.2) is 0 Å². The van der Waals surface area contributed by atoms with Gasteiger partial charge in [-0.2, -0.15) is 0 Å². The molecule has 2 aliphatic carbocycles. The van der Waals surface area contributed by atoms with Crippen molar-refractivity contribution in [1.29, 1.82) is 0 Å². The predicted molar refractivity (Wildman–Crippen MR) is 70.1 cm³/mol. The van der Waals surface area contributed by atoms with Crippen molar-refractivity contribution < 1.29 is 9.53 Å². The fourth-order valence-electron chi connectivity index (χ4n) is 3.42. The van der Waals surface area contributed by atoms with E-state index in [-0.39, 0.29) is 17.9 Å².